The van der Waals surface area contributed by atoms with Crippen molar-refractivity contribution >= 4 is 22.6 Å². The van der Waals surface area contributed by atoms with Crippen LogP contribution in [0, 0.1) is 10.1 Å². The molecule has 2 rings (SSSR count). The van der Waals surface area contributed by atoms with Gasteiger partial charge < -0.3 is 19.6 Å². The van der Waals surface area contributed by atoms with E-state index >= 15 is 0 Å². The second kappa shape index (κ2) is 9.54. The van der Waals surface area contributed by atoms with Gasteiger partial charge in [-0.25, -0.2) is 0 Å². The number of ether oxygens (including phenoxy) is 1. The molecular formula is C19H22N2O7. The third-order valence-corrected chi connectivity index (χ3v) is 4.47. The lowest BCUT2D eigenvalue weighted by Crippen LogP contribution is -2.31. The first-order valence-corrected chi connectivity index (χ1v) is 8.63. The summed E-state index contributed by atoms with van der Waals surface area (Å²) in [5.41, 5.74) is 0.609. The van der Waals surface area contributed by atoms with Crippen LogP contribution in [0.1, 0.15) is 24.3 Å². The summed E-state index contributed by atoms with van der Waals surface area (Å²) >= 11 is 0. The SMILES string of the molecule is COc1ccc2cc([C@H](CCC(=O)N(C)CCO[N+](=O)[O-])C(=O)O)ccc2c1. The maximum Gasteiger partial charge on any atom is 0.310 e. The maximum atomic E-state index is 12.2. The van der Waals surface area contributed by atoms with Gasteiger partial charge in [-0.1, -0.05) is 24.3 Å². The van der Waals surface area contributed by atoms with Crippen molar-refractivity contribution in [3.05, 3.63) is 52.1 Å². The largest absolute Gasteiger partial charge is 0.497 e. The fourth-order valence-electron chi connectivity index (χ4n) is 2.85. The molecule has 0 radical (unpaired) electrons. The van der Waals surface area contributed by atoms with Gasteiger partial charge in [0.15, 0.2) is 0 Å². The van der Waals surface area contributed by atoms with E-state index < -0.39 is 17.0 Å². The number of carbonyl (C=O) groups excluding carboxylic acids is 1. The molecule has 0 fully saturated rings. The third kappa shape index (κ3) is 5.57. The van der Waals surface area contributed by atoms with E-state index in [1.165, 1.54) is 11.9 Å². The van der Waals surface area contributed by atoms with Crippen molar-refractivity contribution < 1.29 is 29.4 Å². The molecule has 0 heterocycles. The molecule has 1 amide bonds. The Balaban J connectivity index is 2.05. The van der Waals surface area contributed by atoms with Crippen LogP contribution in [0.3, 0.4) is 0 Å². The first-order chi connectivity index (χ1) is 13.3. The van der Waals surface area contributed by atoms with Gasteiger partial charge in [0.2, 0.25) is 5.91 Å². The Labute approximate surface area is 161 Å². The highest BCUT2D eigenvalue weighted by molar-refractivity contribution is 5.87. The fraction of sp³-hybridized carbons (Fsp3) is 0.368. The Kier molecular flexibility index (Phi) is 7.14. The smallest absolute Gasteiger partial charge is 0.310 e. The molecule has 0 saturated heterocycles. The van der Waals surface area contributed by atoms with Crippen LogP contribution in [0.2, 0.25) is 0 Å². The van der Waals surface area contributed by atoms with E-state index in [0.29, 0.717) is 11.3 Å². The number of hydrogen-bond donors (Lipinski definition) is 1. The highest BCUT2D eigenvalue weighted by Crippen LogP contribution is 2.28. The van der Waals surface area contributed by atoms with Gasteiger partial charge in [0.25, 0.3) is 5.09 Å². The summed E-state index contributed by atoms with van der Waals surface area (Å²) in [6.45, 7) is -0.179. The summed E-state index contributed by atoms with van der Waals surface area (Å²) in [4.78, 5) is 39.5. The number of hydrogen-bond acceptors (Lipinski definition) is 6. The Bertz CT molecular complexity index is 868. The van der Waals surface area contributed by atoms with Gasteiger partial charge in [-0.3, -0.25) is 9.59 Å². The number of methoxy groups -OCH3 is 1. The fourth-order valence-corrected chi connectivity index (χ4v) is 2.85. The van der Waals surface area contributed by atoms with E-state index in [1.807, 2.05) is 18.2 Å². The Morgan fingerprint density at radius 1 is 1.21 bits per heavy atom. The molecule has 2 aromatic rings. The van der Waals surface area contributed by atoms with Crippen LogP contribution in [-0.2, 0) is 14.4 Å². The molecule has 0 aliphatic heterocycles. The van der Waals surface area contributed by atoms with Crippen molar-refractivity contribution in [1.82, 2.24) is 4.90 Å². The molecule has 9 heteroatoms. The van der Waals surface area contributed by atoms with E-state index in [-0.39, 0.29) is 31.9 Å². The average molecular weight is 390 g/mol. The van der Waals surface area contributed by atoms with E-state index in [4.69, 9.17) is 4.74 Å². The van der Waals surface area contributed by atoms with E-state index in [1.54, 1.807) is 25.3 Å². The number of likely N-dealkylation sites (N-methyl/N-ethyl adjacent to an activating group) is 1. The van der Waals surface area contributed by atoms with Gasteiger partial charge >= 0.3 is 5.97 Å². The molecule has 0 aliphatic carbocycles. The molecule has 1 atom stereocenters. The molecule has 0 unspecified atom stereocenters. The quantitative estimate of drug-likeness (QED) is 0.489. The number of aliphatic carboxylic acids is 1. The summed E-state index contributed by atoms with van der Waals surface area (Å²) < 4.78 is 5.18. The zero-order valence-corrected chi connectivity index (χ0v) is 15.7. The van der Waals surface area contributed by atoms with Crippen molar-refractivity contribution in [1.29, 1.82) is 0 Å². The van der Waals surface area contributed by atoms with Crippen molar-refractivity contribution in [3.63, 3.8) is 0 Å². The predicted molar refractivity (Wildman–Crippen MR) is 101 cm³/mol. The molecule has 9 nitrogen and oxygen atoms in total. The third-order valence-electron chi connectivity index (χ3n) is 4.47. The minimum atomic E-state index is -1.01. The van der Waals surface area contributed by atoms with Crippen LogP contribution in [0.4, 0.5) is 0 Å². The standard InChI is InChI=1S/C19H22N2O7/c1-20(9-10-28-21(25)26)18(22)8-7-17(19(23)24)15-4-3-14-12-16(27-2)6-5-13(14)11-15/h3-6,11-12,17H,7-10H2,1-2H3,(H,23,24)/t17-/m0/s1. The van der Waals surface area contributed by atoms with Gasteiger partial charge in [-0.2, -0.15) is 0 Å². The number of carbonyl (C=O) groups is 2. The van der Waals surface area contributed by atoms with E-state index in [2.05, 4.69) is 4.84 Å². The molecule has 0 spiro atoms. The van der Waals surface area contributed by atoms with Crippen molar-refractivity contribution in [2.24, 2.45) is 0 Å². The first kappa shape index (κ1) is 20.9. The minimum Gasteiger partial charge on any atom is -0.497 e. The van der Waals surface area contributed by atoms with Crippen LogP contribution < -0.4 is 4.74 Å². The summed E-state index contributed by atoms with van der Waals surface area (Å²) in [5, 5.41) is 20.6. The first-order valence-electron chi connectivity index (χ1n) is 8.63. The molecule has 2 aromatic carbocycles. The Morgan fingerprint density at radius 3 is 2.54 bits per heavy atom. The summed E-state index contributed by atoms with van der Waals surface area (Å²) in [6.07, 6.45) is 0.128. The average Bonchev–Trinajstić information content (AvgIpc) is 2.66. The molecule has 1 N–H and O–H groups in total. The Morgan fingerprint density at radius 2 is 1.89 bits per heavy atom. The molecule has 0 aromatic heterocycles. The van der Waals surface area contributed by atoms with Crippen LogP contribution in [0.25, 0.3) is 10.8 Å². The Hall–Kier alpha value is -3.36. The molecule has 0 saturated carbocycles. The zero-order chi connectivity index (χ0) is 20.7. The highest BCUT2D eigenvalue weighted by atomic mass is 16.9. The number of carboxylic acids is 1. The number of benzene rings is 2. The van der Waals surface area contributed by atoms with E-state index in [9.17, 15) is 24.8 Å². The summed E-state index contributed by atoms with van der Waals surface area (Å²) in [5.74, 6) is -1.44. The van der Waals surface area contributed by atoms with E-state index in [0.717, 1.165) is 10.8 Å². The van der Waals surface area contributed by atoms with Crippen molar-refractivity contribution in [2.75, 3.05) is 27.3 Å². The lowest BCUT2D eigenvalue weighted by Gasteiger charge is -2.18. The van der Waals surface area contributed by atoms with Crippen molar-refractivity contribution in [2.45, 2.75) is 18.8 Å². The molecule has 0 aliphatic rings. The molecule has 0 bridgehead atoms. The normalized spacial score (nSPS) is 11.6. The number of amides is 1. The van der Waals surface area contributed by atoms with Gasteiger partial charge in [0.1, 0.15) is 12.4 Å². The summed E-state index contributed by atoms with van der Waals surface area (Å²) in [6, 6.07) is 10.9. The van der Waals surface area contributed by atoms with Crippen molar-refractivity contribution in [3.8, 4) is 5.75 Å². The van der Waals surface area contributed by atoms with Gasteiger partial charge in [-0.05, 0) is 34.9 Å². The van der Waals surface area contributed by atoms with Crippen LogP contribution in [0.5, 0.6) is 5.75 Å². The number of fused-ring (bicyclic) bond motifs is 1. The topological polar surface area (TPSA) is 119 Å². The van der Waals surface area contributed by atoms with Gasteiger partial charge in [0, 0.05) is 20.0 Å². The van der Waals surface area contributed by atoms with Gasteiger partial charge in [-0.15, -0.1) is 10.1 Å². The molecule has 150 valence electrons. The number of carboxylic acid groups (broad SMARTS) is 1. The number of rotatable bonds is 10. The predicted octanol–water partition coefficient (Wildman–Crippen LogP) is 2.46. The summed E-state index contributed by atoms with van der Waals surface area (Å²) in [7, 11) is 3.07. The zero-order valence-electron chi connectivity index (χ0n) is 15.7. The van der Waals surface area contributed by atoms with Crippen LogP contribution in [0.15, 0.2) is 36.4 Å². The monoisotopic (exact) mass is 390 g/mol. The van der Waals surface area contributed by atoms with Crippen LogP contribution in [-0.4, -0.2) is 54.3 Å². The minimum absolute atomic E-state index is 0.00653. The maximum absolute atomic E-state index is 12.2. The van der Waals surface area contributed by atoms with Crippen LogP contribution >= 0.6 is 0 Å². The molecule has 28 heavy (non-hydrogen) atoms. The highest BCUT2D eigenvalue weighted by Gasteiger charge is 2.22. The lowest BCUT2D eigenvalue weighted by atomic mass is 9.92. The second-order valence-corrected chi connectivity index (χ2v) is 6.27. The van der Waals surface area contributed by atoms with Gasteiger partial charge in [0.05, 0.1) is 13.0 Å². The second-order valence-electron chi connectivity index (χ2n) is 6.27. The lowest BCUT2D eigenvalue weighted by molar-refractivity contribution is -0.757. The molecular weight excluding hydrogens is 368 g/mol. The number of nitrogens with zero attached hydrogens (tertiary/aromatic N) is 2.